The van der Waals surface area contributed by atoms with Crippen LogP contribution in [0.25, 0.3) is 0 Å². The Bertz CT molecular complexity index is 825. The molecule has 0 aliphatic carbocycles. The number of nitrogens with zero attached hydrogens (tertiary/aromatic N) is 1. The van der Waals surface area contributed by atoms with E-state index in [4.69, 9.17) is 9.47 Å². The second-order valence-corrected chi connectivity index (χ2v) is 8.44. The van der Waals surface area contributed by atoms with E-state index in [1.54, 1.807) is 20.8 Å². The van der Waals surface area contributed by atoms with Gasteiger partial charge in [-0.25, -0.2) is 4.79 Å². The number of amides is 2. The lowest BCUT2D eigenvalue weighted by Gasteiger charge is -2.33. The first kappa shape index (κ1) is 18.7. The topological polar surface area (TPSA) is 67.9 Å². The highest BCUT2D eigenvalue weighted by atomic mass is 16.6. The highest BCUT2D eigenvalue weighted by Crippen LogP contribution is 2.39. The summed E-state index contributed by atoms with van der Waals surface area (Å²) in [5.74, 6) is -0.115. The van der Waals surface area contributed by atoms with Crippen LogP contribution in [0, 0.1) is 0 Å². The van der Waals surface area contributed by atoms with Crippen molar-refractivity contribution in [3.63, 3.8) is 0 Å². The Labute approximate surface area is 165 Å². The molecule has 28 heavy (non-hydrogen) atoms. The van der Waals surface area contributed by atoms with E-state index in [0.717, 1.165) is 11.1 Å². The fourth-order valence-corrected chi connectivity index (χ4v) is 4.01. The minimum absolute atomic E-state index is 0.0821. The third-order valence-corrected chi connectivity index (χ3v) is 5.15. The highest BCUT2D eigenvalue weighted by Gasteiger charge is 2.48. The van der Waals surface area contributed by atoms with Gasteiger partial charge in [-0.3, -0.25) is 4.79 Å². The minimum Gasteiger partial charge on any atom is -0.444 e. The van der Waals surface area contributed by atoms with Crippen LogP contribution in [0.4, 0.5) is 4.79 Å². The van der Waals surface area contributed by atoms with Gasteiger partial charge < -0.3 is 19.7 Å². The van der Waals surface area contributed by atoms with Crippen LogP contribution in [0.1, 0.15) is 32.8 Å². The molecule has 1 aromatic carbocycles. The monoisotopic (exact) mass is 382 g/mol. The summed E-state index contributed by atoms with van der Waals surface area (Å²) in [4.78, 5) is 27.5. The highest BCUT2D eigenvalue weighted by molar-refractivity contribution is 5.87. The van der Waals surface area contributed by atoms with Gasteiger partial charge in [0.05, 0.1) is 12.1 Å². The van der Waals surface area contributed by atoms with Crippen molar-refractivity contribution >= 4 is 12.0 Å². The smallest absolute Gasteiger partial charge is 0.408 e. The van der Waals surface area contributed by atoms with Crippen molar-refractivity contribution in [1.82, 2.24) is 10.2 Å². The van der Waals surface area contributed by atoms with Gasteiger partial charge in [0, 0.05) is 6.54 Å². The van der Waals surface area contributed by atoms with Crippen LogP contribution in [-0.4, -0.2) is 46.8 Å². The number of hydrogen-bond acceptors (Lipinski definition) is 4. The summed E-state index contributed by atoms with van der Waals surface area (Å²) >= 11 is 0. The molecule has 3 heterocycles. The Morgan fingerprint density at radius 1 is 1.25 bits per heavy atom. The van der Waals surface area contributed by atoms with Crippen LogP contribution < -0.4 is 5.32 Å². The Kier molecular flexibility index (Phi) is 4.75. The predicted octanol–water partition coefficient (Wildman–Crippen LogP) is 2.94. The summed E-state index contributed by atoms with van der Waals surface area (Å²) in [6.45, 7) is 5.87. The molecule has 0 unspecified atom stereocenters. The summed E-state index contributed by atoms with van der Waals surface area (Å²) in [5, 5.41) is 2.76. The van der Waals surface area contributed by atoms with Gasteiger partial charge in [0.15, 0.2) is 0 Å². The lowest BCUT2D eigenvalue weighted by molar-refractivity contribution is -0.136. The Morgan fingerprint density at radius 2 is 2.00 bits per heavy atom. The van der Waals surface area contributed by atoms with E-state index in [1.807, 2.05) is 53.5 Å². The molecule has 6 heteroatoms. The number of benzene rings is 1. The number of carbonyl (C=O) groups excluding carboxylic acids is 2. The molecule has 0 saturated carbocycles. The quantitative estimate of drug-likeness (QED) is 0.816. The van der Waals surface area contributed by atoms with E-state index >= 15 is 0 Å². The molecule has 1 fully saturated rings. The van der Waals surface area contributed by atoms with E-state index in [9.17, 15) is 9.59 Å². The average Bonchev–Trinajstić information content (AvgIpc) is 3.20. The van der Waals surface area contributed by atoms with Gasteiger partial charge in [0.1, 0.15) is 17.7 Å². The fraction of sp³-hybridized carbons (Fsp3) is 0.455. The van der Waals surface area contributed by atoms with E-state index in [1.165, 1.54) is 0 Å². The van der Waals surface area contributed by atoms with Gasteiger partial charge in [-0.1, -0.05) is 48.6 Å². The third-order valence-electron chi connectivity index (χ3n) is 5.15. The van der Waals surface area contributed by atoms with Crippen LogP contribution >= 0.6 is 0 Å². The summed E-state index contributed by atoms with van der Waals surface area (Å²) in [6.07, 6.45) is 5.75. The lowest BCUT2D eigenvalue weighted by Crippen LogP contribution is -2.52. The first-order chi connectivity index (χ1) is 13.3. The Balaban J connectivity index is 1.59. The number of carbonyl (C=O) groups is 2. The van der Waals surface area contributed by atoms with Crippen LogP contribution in [0.3, 0.4) is 0 Å². The first-order valence-electron chi connectivity index (χ1n) is 9.69. The van der Waals surface area contributed by atoms with Gasteiger partial charge in [0.25, 0.3) is 0 Å². The van der Waals surface area contributed by atoms with Crippen molar-refractivity contribution in [1.29, 1.82) is 0 Å². The summed E-state index contributed by atoms with van der Waals surface area (Å²) < 4.78 is 11.3. The zero-order valence-electron chi connectivity index (χ0n) is 16.4. The van der Waals surface area contributed by atoms with Crippen LogP contribution in [0.15, 0.2) is 54.1 Å². The zero-order valence-corrected chi connectivity index (χ0v) is 16.4. The number of alkyl carbamates (subject to hydrolysis) is 1. The zero-order chi connectivity index (χ0) is 19.9. The third kappa shape index (κ3) is 3.69. The fourth-order valence-electron chi connectivity index (χ4n) is 4.01. The van der Waals surface area contributed by atoms with Crippen molar-refractivity contribution in [3.05, 3.63) is 59.7 Å². The number of rotatable bonds is 3. The molecule has 2 amide bonds. The van der Waals surface area contributed by atoms with Gasteiger partial charge in [0.2, 0.25) is 5.91 Å². The summed E-state index contributed by atoms with van der Waals surface area (Å²) in [5.41, 5.74) is 1.53. The lowest BCUT2D eigenvalue weighted by atomic mass is 9.93. The maximum atomic E-state index is 13.4. The molecule has 2 bridgehead atoms. The number of hydrogen-bond donors (Lipinski definition) is 1. The van der Waals surface area contributed by atoms with Gasteiger partial charge in [-0.2, -0.15) is 0 Å². The van der Waals surface area contributed by atoms with Crippen LogP contribution in [-0.2, 0) is 20.8 Å². The molecular weight excluding hydrogens is 356 g/mol. The molecule has 148 valence electrons. The maximum absolute atomic E-state index is 13.4. The minimum atomic E-state index is -0.656. The molecule has 3 aliphatic rings. The molecule has 1 saturated heterocycles. The summed E-state index contributed by atoms with van der Waals surface area (Å²) in [7, 11) is 0. The Hall–Kier alpha value is -2.60. The van der Waals surface area contributed by atoms with E-state index < -0.39 is 17.7 Å². The molecule has 0 radical (unpaired) electrons. The van der Waals surface area contributed by atoms with Gasteiger partial charge in [-0.05, 0) is 38.3 Å². The van der Waals surface area contributed by atoms with Crippen molar-refractivity contribution < 1.29 is 19.1 Å². The second-order valence-electron chi connectivity index (χ2n) is 8.44. The van der Waals surface area contributed by atoms with Gasteiger partial charge >= 0.3 is 6.09 Å². The maximum Gasteiger partial charge on any atom is 0.408 e. The number of fused-ring (bicyclic) bond motifs is 5. The molecular formula is C22H26N2O4. The van der Waals surface area contributed by atoms with Crippen molar-refractivity contribution in [2.75, 3.05) is 0 Å². The molecule has 1 aromatic rings. The predicted molar refractivity (Wildman–Crippen MR) is 104 cm³/mol. The van der Waals surface area contributed by atoms with Crippen LogP contribution in [0.2, 0.25) is 0 Å². The molecule has 0 spiro atoms. The summed E-state index contributed by atoms with van der Waals surface area (Å²) in [6, 6.07) is 9.09. The van der Waals surface area contributed by atoms with Crippen molar-refractivity contribution in [3.8, 4) is 0 Å². The average molecular weight is 382 g/mol. The van der Waals surface area contributed by atoms with Gasteiger partial charge in [-0.15, -0.1) is 0 Å². The first-order valence-corrected chi connectivity index (χ1v) is 9.69. The SMILES string of the molecule is CC(C)(C)OC(=O)N[C@@H]1CC=C2[C@@H]3C=C[C@@H](O3)[C@@H]2N(Cc2ccccc2)C1=O. The number of nitrogens with one attached hydrogen (secondary N) is 1. The Morgan fingerprint density at radius 3 is 2.71 bits per heavy atom. The van der Waals surface area contributed by atoms with Crippen molar-refractivity contribution in [2.45, 2.75) is 63.6 Å². The van der Waals surface area contributed by atoms with E-state index in [-0.39, 0.29) is 24.2 Å². The standard InChI is InChI=1S/C22H26N2O4/c1-22(2,3)28-21(26)23-16-10-9-15-17-11-12-18(27-17)19(15)24(20(16)25)13-14-7-5-4-6-8-14/h4-9,11-12,16-19H,10,13H2,1-3H3,(H,23,26)/t16-,17+,18-,19-/m1/s1. The molecule has 6 nitrogen and oxygen atoms in total. The molecule has 3 aliphatic heterocycles. The van der Waals surface area contributed by atoms with Crippen LogP contribution in [0.5, 0.6) is 0 Å². The molecule has 0 aromatic heterocycles. The van der Waals surface area contributed by atoms with E-state index in [2.05, 4.69) is 5.32 Å². The largest absolute Gasteiger partial charge is 0.444 e. The van der Waals surface area contributed by atoms with E-state index in [0.29, 0.717) is 13.0 Å². The number of ether oxygens (including phenoxy) is 2. The second kappa shape index (κ2) is 7.09. The molecule has 1 N–H and O–H groups in total. The molecule has 4 atom stereocenters. The van der Waals surface area contributed by atoms with Crippen molar-refractivity contribution in [2.24, 2.45) is 0 Å². The normalized spacial score (nSPS) is 28.6. The molecule has 4 rings (SSSR count).